The Labute approximate surface area is 147 Å². The molecule has 0 heterocycles. The fourth-order valence-corrected chi connectivity index (χ4v) is 0.272. The maximum atomic E-state index is 9.41. The van der Waals surface area contributed by atoms with Crippen LogP contribution in [0.25, 0.3) is 0 Å². The van der Waals surface area contributed by atoms with Crippen LogP contribution in [0.1, 0.15) is 0 Å². The number of hydrogen-bond acceptors (Lipinski definition) is 8. The molecule has 0 saturated heterocycles. The van der Waals surface area contributed by atoms with Gasteiger partial charge >= 0.3 is 60.8 Å². The van der Waals surface area contributed by atoms with Crippen molar-refractivity contribution in [3.05, 3.63) is 24.3 Å². The molecular weight excluding hydrogens is 288 g/mol. The summed E-state index contributed by atoms with van der Waals surface area (Å²) in [6, 6.07) is 0. The van der Waals surface area contributed by atoms with Crippen molar-refractivity contribution < 1.29 is 39.6 Å². The van der Waals surface area contributed by atoms with Crippen LogP contribution in [0.2, 0.25) is 0 Å². The van der Waals surface area contributed by atoms with Crippen molar-refractivity contribution in [2.75, 3.05) is 0 Å². The van der Waals surface area contributed by atoms with Crippen LogP contribution >= 0.6 is 0 Å². The fourth-order valence-electron chi connectivity index (χ4n) is 0.272. The SMILES string of the molecule is O=C([O-])/C=C\C(=O)[O-].O=C([O-])/C=C\C(=O)[O-].[Ca+2].[Mg+2]. The Morgan fingerprint density at radius 1 is 0.556 bits per heavy atom. The molecule has 0 aromatic carbocycles. The molecule has 0 radical (unpaired) electrons. The number of carbonyl (C=O) groups is 4. The predicted octanol–water partition coefficient (Wildman–Crippen LogP) is -6.68. The van der Waals surface area contributed by atoms with Crippen LogP contribution in [0.3, 0.4) is 0 Å². The van der Waals surface area contributed by atoms with Crippen LogP contribution in [0, 0.1) is 0 Å². The zero-order chi connectivity index (χ0) is 13.1. The number of carbonyl (C=O) groups excluding carboxylic acids is 4. The summed E-state index contributed by atoms with van der Waals surface area (Å²) in [5, 5.41) is 37.7. The third-order valence-corrected chi connectivity index (χ3v) is 0.711. The molecule has 0 aromatic rings. The van der Waals surface area contributed by atoms with Crippen molar-refractivity contribution in [2.24, 2.45) is 0 Å². The summed E-state index contributed by atoms with van der Waals surface area (Å²) in [5.41, 5.74) is 0. The van der Waals surface area contributed by atoms with E-state index in [0.29, 0.717) is 24.3 Å². The molecule has 0 N–H and O–H groups in total. The van der Waals surface area contributed by atoms with Gasteiger partial charge in [-0.2, -0.15) is 0 Å². The molecule has 0 fully saturated rings. The van der Waals surface area contributed by atoms with Crippen LogP contribution in [-0.4, -0.2) is 84.7 Å². The van der Waals surface area contributed by atoms with E-state index in [-0.39, 0.29) is 60.8 Å². The van der Waals surface area contributed by atoms with E-state index in [1.54, 1.807) is 0 Å². The Kier molecular flexibility index (Phi) is 23.7. The molecule has 0 amide bonds. The average Bonchev–Trinajstić information content (AvgIpc) is 2.12. The molecule has 0 aliphatic heterocycles. The zero-order valence-electron chi connectivity index (χ0n) is 8.99. The molecule has 0 aromatic heterocycles. The van der Waals surface area contributed by atoms with Crippen molar-refractivity contribution in [2.45, 2.75) is 0 Å². The summed E-state index contributed by atoms with van der Waals surface area (Å²) >= 11 is 0. The van der Waals surface area contributed by atoms with Gasteiger partial charge < -0.3 is 39.6 Å². The van der Waals surface area contributed by atoms with Crippen LogP contribution in [0.15, 0.2) is 24.3 Å². The molecule has 8 nitrogen and oxygen atoms in total. The van der Waals surface area contributed by atoms with Crippen molar-refractivity contribution in [3.8, 4) is 0 Å². The van der Waals surface area contributed by atoms with E-state index in [0.717, 1.165) is 0 Å². The number of hydrogen-bond donors (Lipinski definition) is 0. The van der Waals surface area contributed by atoms with E-state index in [9.17, 15) is 39.6 Å². The largest absolute Gasteiger partial charge is 2.00 e. The Morgan fingerprint density at radius 2 is 0.667 bits per heavy atom. The van der Waals surface area contributed by atoms with E-state index in [1.165, 1.54) is 0 Å². The van der Waals surface area contributed by atoms with Gasteiger partial charge in [-0.15, -0.1) is 0 Å². The minimum Gasteiger partial charge on any atom is -0.545 e. The molecule has 0 atom stereocenters. The molecule has 18 heavy (non-hydrogen) atoms. The van der Waals surface area contributed by atoms with Gasteiger partial charge in [-0.25, -0.2) is 0 Å². The normalized spacial score (nSPS) is 8.44. The summed E-state index contributed by atoms with van der Waals surface area (Å²) < 4.78 is 0. The van der Waals surface area contributed by atoms with Crippen LogP contribution < -0.4 is 20.4 Å². The number of aliphatic carboxylic acids is 4. The van der Waals surface area contributed by atoms with Crippen molar-refractivity contribution in [3.63, 3.8) is 0 Å². The van der Waals surface area contributed by atoms with Gasteiger partial charge in [0.25, 0.3) is 0 Å². The first-order valence-corrected chi connectivity index (χ1v) is 3.45. The van der Waals surface area contributed by atoms with Gasteiger partial charge in [0.15, 0.2) is 0 Å². The van der Waals surface area contributed by atoms with Crippen molar-refractivity contribution in [1.82, 2.24) is 0 Å². The van der Waals surface area contributed by atoms with Crippen LogP contribution in [0.5, 0.6) is 0 Å². The maximum absolute atomic E-state index is 9.41. The molecular formula is C8H4CaMgO8. The smallest absolute Gasteiger partial charge is 0.545 e. The quantitative estimate of drug-likeness (QED) is 0.365. The molecule has 10 heteroatoms. The van der Waals surface area contributed by atoms with Crippen molar-refractivity contribution in [1.29, 1.82) is 0 Å². The van der Waals surface area contributed by atoms with E-state index in [4.69, 9.17) is 0 Å². The summed E-state index contributed by atoms with van der Waals surface area (Å²) in [5.74, 6) is -6.19. The summed E-state index contributed by atoms with van der Waals surface area (Å²) in [6.45, 7) is 0. The maximum Gasteiger partial charge on any atom is 2.00 e. The molecule has 0 bridgehead atoms. The Morgan fingerprint density at radius 3 is 0.722 bits per heavy atom. The molecule has 0 spiro atoms. The Hall–Kier alpha value is -0.614. The summed E-state index contributed by atoms with van der Waals surface area (Å²) in [7, 11) is 0. The minimum absolute atomic E-state index is 0. The van der Waals surface area contributed by atoms with Gasteiger partial charge in [0.1, 0.15) is 0 Å². The van der Waals surface area contributed by atoms with Gasteiger partial charge in [-0.1, -0.05) is 0 Å². The number of carboxylic acid groups (broad SMARTS) is 4. The van der Waals surface area contributed by atoms with E-state index in [2.05, 4.69) is 0 Å². The standard InChI is InChI=1S/2C4H4O4.Ca.Mg/c2*5-3(6)1-2-4(7)8;;/h2*1-2H,(H,5,6)(H,7,8);;/q;;2*+2/p-4/b2*2-1-;;. The summed E-state index contributed by atoms with van der Waals surface area (Å²) in [6.07, 6.45) is 1.54. The number of rotatable bonds is 4. The first kappa shape index (κ1) is 26.1. The molecule has 88 valence electrons. The van der Waals surface area contributed by atoms with E-state index < -0.39 is 23.9 Å². The van der Waals surface area contributed by atoms with Gasteiger partial charge in [-0.3, -0.25) is 0 Å². The second kappa shape index (κ2) is 16.4. The van der Waals surface area contributed by atoms with E-state index in [1.807, 2.05) is 0 Å². The van der Waals surface area contributed by atoms with E-state index >= 15 is 0 Å². The first-order chi connectivity index (χ1) is 7.25. The van der Waals surface area contributed by atoms with Gasteiger partial charge in [0, 0.05) is 0 Å². The third kappa shape index (κ3) is 36.1. The van der Waals surface area contributed by atoms with Gasteiger partial charge in [0.2, 0.25) is 0 Å². The Bertz CT molecular complexity index is 283. The monoisotopic (exact) mass is 292 g/mol. The van der Waals surface area contributed by atoms with Crippen LogP contribution in [-0.2, 0) is 19.2 Å². The van der Waals surface area contributed by atoms with Crippen LogP contribution in [0.4, 0.5) is 0 Å². The molecule has 0 aliphatic carbocycles. The average molecular weight is 292 g/mol. The second-order valence-corrected chi connectivity index (χ2v) is 1.94. The molecule has 0 unspecified atom stereocenters. The third-order valence-electron chi connectivity index (χ3n) is 0.711. The summed E-state index contributed by atoms with van der Waals surface area (Å²) in [4.78, 5) is 37.7. The van der Waals surface area contributed by atoms with Gasteiger partial charge in [-0.05, 0) is 24.3 Å². The van der Waals surface area contributed by atoms with Crippen molar-refractivity contribution >= 4 is 84.7 Å². The first-order valence-electron chi connectivity index (χ1n) is 3.45. The Balaban J connectivity index is -0.0000000980. The topological polar surface area (TPSA) is 161 Å². The fraction of sp³-hybridized carbons (Fsp3) is 0. The second-order valence-electron chi connectivity index (χ2n) is 1.94. The minimum atomic E-state index is -1.55. The molecule has 0 aliphatic rings. The predicted molar refractivity (Wildman–Crippen MR) is 49.8 cm³/mol. The zero-order valence-corrected chi connectivity index (χ0v) is 12.6. The molecule has 0 rings (SSSR count). The molecule has 0 saturated carbocycles. The number of carboxylic acids is 4. The van der Waals surface area contributed by atoms with Gasteiger partial charge in [0.05, 0.1) is 23.9 Å².